The quantitative estimate of drug-likeness (QED) is 0.450. The van der Waals surface area contributed by atoms with Gasteiger partial charge in [0, 0.05) is 41.0 Å². The van der Waals surface area contributed by atoms with Crippen molar-refractivity contribution in [1.82, 2.24) is 15.1 Å². The van der Waals surface area contributed by atoms with E-state index in [1.165, 1.54) is 28.0 Å². The molecule has 2 aliphatic rings. The number of anilines is 2. The van der Waals surface area contributed by atoms with E-state index in [1.54, 1.807) is 24.3 Å². The molecule has 36 heavy (non-hydrogen) atoms. The number of hydrogen-bond donors (Lipinski definition) is 4. The molecule has 0 bridgehead atoms. The van der Waals surface area contributed by atoms with Crippen molar-refractivity contribution in [3.8, 4) is 0 Å². The van der Waals surface area contributed by atoms with Gasteiger partial charge in [-0.2, -0.15) is 0 Å². The average molecular weight is 561 g/mol. The average Bonchev–Trinajstić information content (AvgIpc) is 2.85. The maximum atomic E-state index is 13.7. The maximum absolute atomic E-state index is 13.7. The van der Waals surface area contributed by atoms with Gasteiger partial charge < -0.3 is 21.7 Å². The first-order chi connectivity index (χ1) is 17.3. The lowest BCUT2D eigenvalue weighted by atomic mass is 9.92. The second-order valence-electron chi connectivity index (χ2n) is 9.12. The number of nitrogens with one attached hydrogen (secondary N) is 3. The van der Waals surface area contributed by atoms with Crippen LogP contribution in [-0.4, -0.2) is 59.1 Å². The van der Waals surface area contributed by atoms with Gasteiger partial charge in [0.05, 0.1) is 0 Å². The molecular formula is C25H30BrFN6O3. The van der Waals surface area contributed by atoms with E-state index in [0.717, 1.165) is 30.2 Å². The van der Waals surface area contributed by atoms with Gasteiger partial charge in [-0.05, 0) is 68.5 Å². The summed E-state index contributed by atoms with van der Waals surface area (Å²) in [6, 6.07) is 11.6. The summed E-state index contributed by atoms with van der Waals surface area (Å²) in [6.07, 6.45) is 2.37. The summed E-state index contributed by atoms with van der Waals surface area (Å²) in [5.74, 6) is -0.930. The summed E-state index contributed by atoms with van der Waals surface area (Å²) in [4.78, 5) is 42.7. The molecule has 192 valence electrons. The smallest absolute Gasteiger partial charge is 0.323 e. The van der Waals surface area contributed by atoms with Crippen LogP contribution in [0.15, 0.2) is 53.0 Å². The summed E-state index contributed by atoms with van der Waals surface area (Å²) in [5.41, 5.74) is 6.81. The number of urea groups is 2. The van der Waals surface area contributed by atoms with Crippen LogP contribution in [0.1, 0.15) is 32.1 Å². The lowest BCUT2D eigenvalue weighted by Crippen LogP contribution is -2.65. The van der Waals surface area contributed by atoms with Crippen LogP contribution in [0.25, 0.3) is 0 Å². The SMILES string of the molecule is NC1CCC(NC(=O)C2N(C(=O)Nc3cccc(F)c3)CCCN2C(=O)Nc2cccc(Br)c2)CC1. The first kappa shape index (κ1) is 25.9. The van der Waals surface area contributed by atoms with E-state index >= 15 is 0 Å². The van der Waals surface area contributed by atoms with Crippen molar-refractivity contribution in [1.29, 1.82) is 0 Å². The van der Waals surface area contributed by atoms with Gasteiger partial charge in [-0.15, -0.1) is 0 Å². The minimum Gasteiger partial charge on any atom is -0.350 e. The van der Waals surface area contributed by atoms with E-state index in [-0.39, 0.29) is 30.9 Å². The van der Waals surface area contributed by atoms with Crippen LogP contribution in [0.3, 0.4) is 0 Å². The highest BCUT2D eigenvalue weighted by Crippen LogP contribution is 2.23. The van der Waals surface area contributed by atoms with Crippen LogP contribution < -0.4 is 21.7 Å². The van der Waals surface area contributed by atoms with Crippen molar-refractivity contribution in [2.24, 2.45) is 5.73 Å². The molecule has 0 aromatic heterocycles. The topological polar surface area (TPSA) is 120 Å². The van der Waals surface area contributed by atoms with E-state index in [9.17, 15) is 18.8 Å². The largest absolute Gasteiger partial charge is 0.350 e. The standard InChI is InChI=1S/C25H30BrFN6O3/c26-16-4-1-6-20(14-16)30-24(35)32-12-3-13-33(25(36)31-21-7-2-5-17(27)15-21)23(32)22(34)29-19-10-8-18(28)9-11-19/h1-2,4-7,14-15,18-19,23H,3,8-13,28H2,(H,29,34)(H,30,35)(H,31,36). The molecular weight excluding hydrogens is 531 g/mol. The van der Waals surface area contributed by atoms with Gasteiger partial charge in [-0.1, -0.05) is 28.1 Å². The highest BCUT2D eigenvalue weighted by molar-refractivity contribution is 9.10. The summed E-state index contributed by atoms with van der Waals surface area (Å²) in [5, 5.41) is 8.48. The number of amides is 5. The Hall–Kier alpha value is -3.18. The Morgan fingerprint density at radius 1 is 0.889 bits per heavy atom. The lowest BCUT2D eigenvalue weighted by molar-refractivity contribution is -0.132. The zero-order chi connectivity index (χ0) is 25.7. The van der Waals surface area contributed by atoms with Crippen molar-refractivity contribution in [2.45, 2.75) is 50.4 Å². The Kier molecular flexibility index (Phi) is 8.42. The second-order valence-corrected chi connectivity index (χ2v) is 10.0. The Labute approximate surface area is 217 Å². The normalized spacial score (nSPS) is 22.0. The molecule has 11 heteroatoms. The van der Waals surface area contributed by atoms with Crippen LogP contribution >= 0.6 is 15.9 Å². The molecule has 1 saturated carbocycles. The number of hydrogen-bond acceptors (Lipinski definition) is 4. The molecule has 5 N–H and O–H groups in total. The van der Waals surface area contributed by atoms with Gasteiger partial charge in [0.2, 0.25) is 0 Å². The summed E-state index contributed by atoms with van der Waals surface area (Å²) < 4.78 is 14.4. The Morgan fingerprint density at radius 2 is 1.47 bits per heavy atom. The molecule has 1 atom stereocenters. The number of nitrogens with two attached hydrogens (primary N) is 1. The van der Waals surface area contributed by atoms with Gasteiger partial charge >= 0.3 is 12.1 Å². The fourth-order valence-corrected chi connectivity index (χ4v) is 4.99. The number of rotatable bonds is 4. The number of nitrogens with zero attached hydrogens (tertiary/aromatic N) is 2. The molecule has 2 aromatic rings. The zero-order valence-electron chi connectivity index (χ0n) is 19.8. The van der Waals surface area contributed by atoms with Crippen LogP contribution in [0, 0.1) is 5.82 Å². The summed E-state index contributed by atoms with van der Waals surface area (Å²) in [6.45, 7) is 0.548. The van der Waals surface area contributed by atoms with Crippen LogP contribution in [0.2, 0.25) is 0 Å². The van der Waals surface area contributed by atoms with Gasteiger partial charge in [-0.3, -0.25) is 14.6 Å². The third kappa shape index (κ3) is 6.52. The predicted octanol–water partition coefficient (Wildman–Crippen LogP) is 4.07. The van der Waals surface area contributed by atoms with Crippen LogP contribution in [0.5, 0.6) is 0 Å². The second kappa shape index (κ2) is 11.7. The van der Waals surface area contributed by atoms with Crippen molar-refractivity contribution >= 4 is 45.3 Å². The number of halogens is 2. The molecule has 0 spiro atoms. The Balaban J connectivity index is 1.55. The van der Waals surface area contributed by atoms with Crippen LogP contribution in [0.4, 0.5) is 25.4 Å². The molecule has 1 saturated heterocycles. The van der Waals surface area contributed by atoms with E-state index in [1.807, 2.05) is 6.07 Å². The molecule has 2 fully saturated rings. The molecule has 5 amide bonds. The molecule has 2 aromatic carbocycles. The van der Waals surface area contributed by atoms with Crippen molar-refractivity contribution < 1.29 is 18.8 Å². The predicted molar refractivity (Wildman–Crippen MR) is 139 cm³/mol. The summed E-state index contributed by atoms with van der Waals surface area (Å²) in [7, 11) is 0. The maximum Gasteiger partial charge on any atom is 0.323 e. The third-order valence-corrected chi connectivity index (χ3v) is 6.91. The molecule has 1 unspecified atom stereocenters. The van der Waals surface area contributed by atoms with Gasteiger partial charge in [0.25, 0.3) is 5.91 Å². The van der Waals surface area contributed by atoms with Gasteiger partial charge in [0.15, 0.2) is 6.17 Å². The zero-order valence-corrected chi connectivity index (χ0v) is 21.3. The Bertz CT molecular complexity index is 1040. The highest BCUT2D eigenvalue weighted by Gasteiger charge is 2.41. The van der Waals surface area contributed by atoms with Crippen molar-refractivity contribution in [3.05, 3.63) is 58.8 Å². The van der Waals surface area contributed by atoms with E-state index in [4.69, 9.17) is 5.73 Å². The van der Waals surface area contributed by atoms with E-state index < -0.39 is 30.0 Å². The van der Waals surface area contributed by atoms with E-state index in [0.29, 0.717) is 12.1 Å². The molecule has 4 rings (SSSR count). The van der Waals surface area contributed by atoms with Crippen molar-refractivity contribution in [2.75, 3.05) is 23.7 Å². The molecule has 1 aliphatic carbocycles. The molecule has 1 aliphatic heterocycles. The number of carbonyl (C=O) groups is 3. The van der Waals surface area contributed by atoms with Gasteiger partial charge in [0.1, 0.15) is 5.82 Å². The first-order valence-corrected chi connectivity index (χ1v) is 12.8. The van der Waals surface area contributed by atoms with Crippen LogP contribution in [-0.2, 0) is 4.79 Å². The minimum absolute atomic E-state index is 0.0812. The fourth-order valence-electron chi connectivity index (χ4n) is 4.59. The third-order valence-electron chi connectivity index (χ3n) is 6.41. The molecule has 0 radical (unpaired) electrons. The first-order valence-electron chi connectivity index (χ1n) is 12.0. The van der Waals surface area contributed by atoms with Gasteiger partial charge in [-0.25, -0.2) is 14.0 Å². The monoisotopic (exact) mass is 560 g/mol. The Morgan fingerprint density at radius 3 is 2.06 bits per heavy atom. The van der Waals surface area contributed by atoms with Crippen molar-refractivity contribution in [3.63, 3.8) is 0 Å². The minimum atomic E-state index is -1.17. The molecule has 9 nitrogen and oxygen atoms in total. The molecule has 1 heterocycles. The fraction of sp³-hybridized carbons (Fsp3) is 0.400. The summed E-state index contributed by atoms with van der Waals surface area (Å²) >= 11 is 3.38. The van der Waals surface area contributed by atoms with E-state index in [2.05, 4.69) is 31.9 Å². The number of benzene rings is 2. The number of carbonyl (C=O) groups excluding carboxylic acids is 3. The lowest BCUT2D eigenvalue weighted by Gasteiger charge is -2.43. The highest BCUT2D eigenvalue weighted by atomic mass is 79.9.